The molecule has 2 aromatic carbocycles. The first-order valence-electron chi connectivity index (χ1n) is 8.11. The van der Waals surface area contributed by atoms with Crippen molar-refractivity contribution in [1.82, 2.24) is 5.32 Å². The van der Waals surface area contributed by atoms with Gasteiger partial charge in [0.15, 0.2) is 0 Å². The van der Waals surface area contributed by atoms with Crippen LogP contribution in [0, 0.1) is 11.6 Å². The minimum atomic E-state index is -0.347. The van der Waals surface area contributed by atoms with E-state index in [0.717, 1.165) is 17.7 Å². The Labute approximate surface area is 152 Å². The molecule has 1 heterocycles. The standard InChI is InChI=1S/C19H20F2N2O.ClH/c1-12(13-3-2-4-15(20)10-13)9-18(24)23-17-6-5-14-11-22-8-7-16(14)19(17)21;/h2-6,10,12,22H,7-9,11H2,1H3,(H,23,24);1H. The first kappa shape index (κ1) is 19.3. The van der Waals surface area contributed by atoms with Crippen molar-refractivity contribution in [2.75, 3.05) is 11.9 Å². The second-order valence-electron chi connectivity index (χ2n) is 6.20. The van der Waals surface area contributed by atoms with Gasteiger partial charge in [-0.2, -0.15) is 0 Å². The molecule has 0 saturated heterocycles. The molecule has 1 aliphatic rings. The molecule has 0 radical (unpaired) electrons. The molecule has 0 bridgehead atoms. The average molecular weight is 367 g/mol. The zero-order valence-electron chi connectivity index (χ0n) is 13.9. The van der Waals surface area contributed by atoms with Gasteiger partial charge < -0.3 is 10.6 Å². The van der Waals surface area contributed by atoms with Crippen molar-refractivity contribution in [1.29, 1.82) is 0 Å². The van der Waals surface area contributed by atoms with Crippen molar-refractivity contribution in [3.8, 4) is 0 Å². The Hall–Kier alpha value is -1.98. The van der Waals surface area contributed by atoms with E-state index in [1.165, 1.54) is 12.1 Å². The summed E-state index contributed by atoms with van der Waals surface area (Å²) in [5.74, 6) is -1.10. The molecule has 0 saturated carbocycles. The van der Waals surface area contributed by atoms with Gasteiger partial charge in [0.2, 0.25) is 5.91 Å². The Balaban J connectivity index is 0.00000225. The van der Waals surface area contributed by atoms with Crippen LogP contribution >= 0.6 is 12.4 Å². The first-order chi connectivity index (χ1) is 11.5. The van der Waals surface area contributed by atoms with Crippen LogP contribution < -0.4 is 10.6 Å². The third-order valence-electron chi connectivity index (χ3n) is 4.39. The van der Waals surface area contributed by atoms with Crippen LogP contribution in [0.15, 0.2) is 36.4 Å². The highest BCUT2D eigenvalue weighted by Crippen LogP contribution is 2.26. The van der Waals surface area contributed by atoms with Crippen molar-refractivity contribution in [3.05, 3.63) is 64.7 Å². The first-order valence-corrected chi connectivity index (χ1v) is 8.11. The van der Waals surface area contributed by atoms with E-state index in [9.17, 15) is 13.6 Å². The van der Waals surface area contributed by atoms with Gasteiger partial charge in [-0.15, -0.1) is 12.4 Å². The van der Waals surface area contributed by atoms with E-state index in [0.29, 0.717) is 18.5 Å². The number of carbonyl (C=O) groups is 1. The Morgan fingerprint density at radius 1 is 1.28 bits per heavy atom. The van der Waals surface area contributed by atoms with Crippen LogP contribution in [0.4, 0.5) is 14.5 Å². The zero-order chi connectivity index (χ0) is 17.1. The monoisotopic (exact) mass is 366 g/mol. The molecule has 6 heteroatoms. The minimum Gasteiger partial charge on any atom is -0.324 e. The van der Waals surface area contributed by atoms with Crippen LogP contribution in [0.2, 0.25) is 0 Å². The molecule has 0 fully saturated rings. The van der Waals surface area contributed by atoms with Crippen molar-refractivity contribution in [2.24, 2.45) is 0 Å². The highest BCUT2D eigenvalue weighted by Gasteiger charge is 2.18. The van der Waals surface area contributed by atoms with Crippen LogP contribution in [-0.2, 0) is 17.8 Å². The summed E-state index contributed by atoms with van der Waals surface area (Å²) >= 11 is 0. The van der Waals surface area contributed by atoms with E-state index >= 15 is 0 Å². The van der Waals surface area contributed by atoms with Crippen LogP contribution in [0.5, 0.6) is 0 Å². The van der Waals surface area contributed by atoms with Crippen LogP contribution in [-0.4, -0.2) is 12.5 Å². The van der Waals surface area contributed by atoms with Gasteiger partial charge in [0.05, 0.1) is 5.69 Å². The number of halogens is 3. The summed E-state index contributed by atoms with van der Waals surface area (Å²) in [5.41, 5.74) is 2.57. The lowest BCUT2D eigenvalue weighted by Gasteiger charge is -2.20. The molecule has 0 aliphatic carbocycles. The van der Waals surface area contributed by atoms with Gasteiger partial charge in [-0.05, 0) is 53.8 Å². The number of benzene rings is 2. The molecule has 0 spiro atoms. The zero-order valence-corrected chi connectivity index (χ0v) is 14.8. The SMILES string of the molecule is CC(CC(=O)Nc1ccc2c(c1F)CCNC2)c1cccc(F)c1.Cl. The summed E-state index contributed by atoms with van der Waals surface area (Å²) in [4.78, 5) is 12.2. The fourth-order valence-corrected chi connectivity index (χ4v) is 3.04. The summed E-state index contributed by atoms with van der Waals surface area (Å²) in [5, 5.41) is 5.84. The number of rotatable bonds is 4. The largest absolute Gasteiger partial charge is 0.324 e. The Kier molecular flexibility index (Phi) is 6.51. The van der Waals surface area contributed by atoms with Gasteiger partial charge >= 0.3 is 0 Å². The van der Waals surface area contributed by atoms with Crippen molar-refractivity contribution in [3.63, 3.8) is 0 Å². The summed E-state index contributed by atoms with van der Waals surface area (Å²) in [6, 6.07) is 9.64. The lowest BCUT2D eigenvalue weighted by Crippen LogP contribution is -2.25. The van der Waals surface area contributed by atoms with E-state index in [4.69, 9.17) is 0 Å². The predicted molar refractivity (Wildman–Crippen MR) is 97.1 cm³/mol. The third-order valence-corrected chi connectivity index (χ3v) is 4.39. The van der Waals surface area contributed by atoms with Gasteiger partial charge in [0.1, 0.15) is 11.6 Å². The molecule has 1 amide bonds. The van der Waals surface area contributed by atoms with Gasteiger partial charge in [-0.25, -0.2) is 8.78 Å². The summed E-state index contributed by atoms with van der Waals surface area (Å²) < 4.78 is 27.8. The second-order valence-corrected chi connectivity index (χ2v) is 6.20. The maximum atomic E-state index is 14.5. The molecule has 1 atom stereocenters. The Bertz CT molecular complexity index is 767. The maximum absolute atomic E-state index is 14.5. The number of amides is 1. The van der Waals surface area contributed by atoms with Crippen LogP contribution in [0.1, 0.15) is 36.0 Å². The molecule has 3 rings (SSSR count). The number of hydrogen-bond acceptors (Lipinski definition) is 2. The molecule has 1 unspecified atom stereocenters. The van der Waals surface area contributed by atoms with Gasteiger partial charge in [-0.3, -0.25) is 4.79 Å². The number of nitrogens with one attached hydrogen (secondary N) is 2. The topological polar surface area (TPSA) is 41.1 Å². The summed E-state index contributed by atoms with van der Waals surface area (Å²) in [6.07, 6.45) is 0.784. The Morgan fingerprint density at radius 2 is 2.08 bits per heavy atom. The molecule has 134 valence electrons. The highest BCUT2D eigenvalue weighted by atomic mass is 35.5. The molecule has 1 aliphatic heterocycles. The number of hydrogen-bond donors (Lipinski definition) is 2. The van der Waals surface area contributed by atoms with Gasteiger partial charge in [0, 0.05) is 13.0 Å². The smallest absolute Gasteiger partial charge is 0.225 e. The predicted octanol–water partition coefficient (Wildman–Crippen LogP) is 4.16. The second kappa shape index (κ2) is 8.41. The van der Waals surface area contributed by atoms with Gasteiger partial charge in [0.25, 0.3) is 0 Å². The molecule has 0 aromatic heterocycles. The van der Waals surface area contributed by atoms with E-state index in [1.54, 1.807) is 18.2 Å². The Morgan fingerprint density at radius 3 is 2.84 bits per heavy atom. The van der Waals surface area contributed by atoms with Crippen molar-refractivity contribution >= 4 is 24.0 Å². The molecule has 2 N–H and O–H groups in total. The normalized spacial score (nSPS) is 14.2. The molecular formula is C19H21ClF2N2O. The van der Waals surface area contributed by atoms with Crippen LogP contribution in [0.3, 0.4) is 0 Å². The molecular weight excluding hydrogens is 346 g/mol. The van der Waals surface area contributed by atoms with E-state index in [2.05, 4.69) is 10.6 Å². The van der Waals surface area contributed by atoms with E-state index < -0.39 is 0 Å². The minimum absolute atomic E-state index is 0. The quantitative estimate of drug-likeness (QED) is 0.852. The van der Waals surface area contributed by atoms with E-state index in [-0.39, 0.29) is 48.0 Å². The molecule has 2 aromatic rings. The van der Waals surface area contributed by atoms with E-state index in [1.807, 2.05) is 13.0 Å². The number of fused-ring (bicyclic) bond motifs is 1. The van der Waals surface area contributed by atoms with Crippen molar-refractivity contribution < 1.29 is 13.6 Å². The van der Waals surface area contributed by atoms with Crippen molar-refractivity contribution in [2.45, 2.75) is 32.2 Å². The number of carbonyl (C=O) groups excluding carboxylic acids is 1. The average Bonchev–Trinajstić information content (AvgIpc) is 2.57. The molecule has 25 heavy (non-hydrogen) atoms. The number of anilines is 1. The lowest BCUT2D eigenvalue weighted by atomic mass is 9.97. The van der Waals surface area contributed by atoms with Crippen LogP contribution in [0.25, 0.3) is 0 Å². The highest BCUT2D eigenvalue weighted by molar-refractivity contribution is 5.91. The fourth-order valence-electron chi connectivity index (χ4n) is 3.04. The lowest BCUT2D eigenvalue weighted by molar-refractivity contribution is -0.116. The summed E-state index contributed by atoms with van der Waals surface area (Å²) in [7, 11) is 0. The fraction of sp³-hybridized carbons (Fsp3) is 0.316. The van der Waals surface area contributed by atoms with Gasteiger partial charge in [-0.1, -0.05) is 25.1 Å². The summed E-state index contributed by atoms with van der Waals surface area (Å²) in [6.45, 7) is 3.23. The molecule has 3 nitrogen and oxygen atoms in total. The third kappa shape index (κ3) is 4.55. The maximum Gasteiger partial charge on any atom is 0.225 e.